The van der Waals surface area contributed by atoms with Gasteiger partial charge >= 0.3 is 12.2 Å². The van der Waals surface area contributed by atoms with Crippen molar-refractivity contribution in [2.75, 3.05) is 13.1 Å². The van der Waals surface area contributed by atoms with Crippen molar-refractivity contribution in [3.8, 4) is 0 Å². The molecule has 0 aliphatic rings. The molecule has 0 aromatic heterocycles. The molecule has 2 amide bonds. The van der Waals surface area contributed by atoms with Crippen LogP contribution in [0.25, 0.3) is 0 Å². The van der Waals surface area contributed by atoms with Gasteiger partial charge in [0.05, 0.1) is 0 Å². The standard InChI is InChI=1S/C9H17F3N2O/c1-4-5-14(7(2)3)8(15)13-6-9(10,11)12/h7H,4-6H2,1-3H3,(H,13,15). The molecule has 0 aliphatic heterocycles. The molecule has 0 heterocycles. The average molecular weight is 226 g/mol. The fourth-order valence-corrected chi connectivity index (χ4v) is 1.11. The lowest BCUT2D eigenvalue weighted by molar-refractivity contribution is -0.123. The average Bonchev–Trinajstić information content (AvgIpc) is 2.08. The van der Waals surface area contributed by atoms with Crippen molar-refractivity contribution in [2.24, 2.45) is 0 Å². The first-order valence-corrected chi connectivity index (χ1v) is 4.89. The van der Waals surface area contributed by atoms with Gasteiger partial charge in [0, 0.05) is 12.6 Å². The fraction of sp³-hybridized carbons (Fsp3) is 0.889. The van der Waals surface area contributed by atoms with Gasteiger partial charge in [-0.15, -0.1) is 0 Å². The number of urea groups is 1. The third-order valence-corrected chi connectivity index (χ3v) is 1.79. The van der Waals surface area contributed by atoms with Gasteiger partial charge in [0.2, 0.25) is 0 Å². The Morgan fingerprint density at radius 3 is 2.27 bits per heavy atom. The van der Waals surface area contributed by atoms with Gasteiger partial charge in [-0.2, -0.15) is 13.2 Å². The molecule has 0 saturated heterocycles. The molecule has 0 aromatic rings. The second kappa shape index (κ2) is 5.82. The van der Waals surface area contributed by atoms with Gasteiger partial charge in [0.1, 0.15) is 6.54 Å². The summed E-state index contributed by atoms with van der Waals surface area (Å²) in [7, 11) is 0. The minimum absolute atomic E-state index is 0.0989. The zero-order valence-corrected chi connectivity index (χ0v) is 9.19. The van der Waals surface area contributed by atoms with Crippen LogP contribution in [0.3, 0.4) is 0 Å². The molecular weight excluding hydrogens is 209 g/mol. The molecule has 0 atom stereocenters. The van der Waals surface area contributed by atoms with E-state index in [1.165, 1.54) is 4.90 Å². The SMILES string of the molecule is CCCN(C(=O)NCC(F)(F)F)C(C)C. The maximum absolute atomic E-state index is 11.8. The number of nitrogens with zero attached hydrogens (tertiary/aromatic N) is 1. The van der Waals surface area contributed by atoms with Crippen molar-refractivity contribution in [3.05, 3.63) is 0 Å². The Bertz CT molecular complexity index is 204. The van der Waals surface area contributed by atoms with Crippen molar-refractivity contribution >= 4 is 6.03 Å². The van der Waals surface area contributed by atoms with E-state index in [0.29, 0.717) is 6.54 Å². The molecule has 90 valence electrons. The lowest BCUT2D eigenvalue weighted by Crippen LogP contribution is -2.46. The quantitative estimate of drug-likeness (QED) is 0.784. The molecule has 1 N–H and O–H groups in total. The first-order chi connectivity index (χ1) is 6.78. The third-order valence-electron chi connectivity index (χ3n) is 1.79. The summed E-state index contributed by atoms with van der Waals surface area (Å²) in [5.41, 5.74) is 0. The number of hydrogen-bond acceptors (Lipinski definition) is 1. The van der Waals surface area contributed by atoms with Gasteiger partial charge in [-0.1, -0.05) is 6.92 Å². The van der Waals surface area contributed by atoms with Crippen molar-refractivity contribution in [2.45, 2.75) is 39.4 Å². The number of amides is 2. The highest BCUT2D eigenvalue weighted by atomic mass is 19.4. The molecule has 0 spiro atoms. The molecule has 0 unspecified atom stereocenters. The molecule has 0 saturated carbocycles. The first-order valence-electron chi connectivity index (χ1n) is 4.89. The largest absolute Gasteiger partial charge is 0.405 e. The van der Waals surface area contributed by atoms with Crippen LogP contribution in [0.1, 0.15) is 27.2 Å². The summed E-state index contributed by atoms with van der Waals surface area (Å²) in [5, 5.41) is 1.85. The highest BCUT2D eigenvalue weighted by Crippen LogP contribution is 2.12. The van der Waals surface area contributed by atoms with E-state index >= 15 is 0 Å². The van der Waals surface area contributed by atoms with Crippen LogP contribution < -0.4 is 5.32 Å². The number of carbonyl (C=O) groups excluding carboxylic acids is 1. The summed E-state index contributed by atoms with van der Waals surface area (Å²) in [6.45, 7) is 4.58. The summed E-state index contributed by atoms with van der Waals surface area (Å²) in [6.07, 6.45) is -3.64. The Labute approximate surface area is 87.6 Å². The Morgan fingerprint density at radius 2 is 1.93 bits per heavy atom. The molecule has 0 rings (SSSR count). The van der Waals surface area contributed by atoms with Crippen molar-refractivity contribution in [1.82, 2.24) is 10.2 Å². The number of halogens is 3. The predicted octanol–water partition coefficient (Wildman–Crippen LogP) is 2.38. The molecule has 0 bridgehead atoms. The van der Waals surface area contributed by atoms with E-state index in [4.69, 9.17) is 0 Å². The van der Waals surface area contributed by atoms with E-state index in [1.54, 1.807) is 13.8 Å². The lowest BCUT2D eigenvalue weighted by Gasteiger charge is -2.26. The summed E-state index contributed by atoms with van der Waals surface area (Å²) in [4.78, 5) is 12.7. The highest BCUT2D eigenvalue weighted by molar-refractivity contribution is 5.74. The molecule has 15 heavy (non-hydrogen) atoms. The van der Waals surface area contributed by atoms with E-state index in [0.717, 1.165) is 6.42 Å². The van der Waals surface area contributed by atoms with Crippen molar-refractivity contribution in [3.63, 3.8) is 0 Å². The molecule has 0 fully saturated rings. The maximum Gasteiger partial charge on any atom is 0.405 e. The van der Waals surface area contributed by atoms with E-state index < -0.39 is 18.8 Å². The molecule has 6 heteroatoms. The van der Waals surface area contributed by atoms with Crippen LogP contribution in [-0.2, 0) is 0 Å². The second-order valence-corrected chi connectivity index (χ2v) is 3.56. The topological polar surface area (TPSA) is 32.3 Å². The molecule has 0 radical (unpaired) electrons. The lowest BCUT2D eigenvalue weighted by atomic mass is 10.3. The van der Waals surface area contributed by atoms with Crippen LogP contribution >= 0.6 is 0 Å². The number of alkyl halides is 3. The molecule has 0 aromatic carbocycles. The zero-order chi connectivity index (χ0) is 12.1. The van der Waals surface area contributed by atoms with Gasteiger partial charge in [-0.25, -0.2) is 4.79 Å². The third kappa shape index (κ3) is 6.19. The highest BCUT2D eigenvalue weighted by Gasteiger charge is 2.29. The number of carbonyl (C=O) groups is 1. The summed E-state index contributed by atoms with van der Waals surface area (Å²) < 4.78 is 35.5. The number of hydrogen-bond donors (Lipinski definition) is 1. The Morgan fingerprint density at radius 1 is 1.40 bits per heavy atom. The van der Waals surface area contributed by atoms with E-state index in [9.17, 15) is 18.0 Å². The predicted molar refractivity (Wildman–Crippen MR) is 51.6 cm³/mol. The molecule has 0 aliphatic carbocycles. The van der Waals surface area contributed by atoms with Gasteiger partial charge in [0.25, 0.3) is 0 Å². The second-order valence-electron chi connectivity index (χ2n) is 3.56. The number of nitrogens with one attached hydrogen (secondary N) is 1. The van der Waals surface area contributed by atoms with Crippen LogP contribution in [0, 0.1) is 0 Å². The molecular formula is C9H17F3N2O. The minimum atomic E-state index is -4.36. The smallest absolute Gasteiger partial charge is 0.329 e. The van der Waals surface area contributed by atoms with Gasteiger partial charge in [0.15, 0.2) is 0 Å². The van der Waals surface area contributed by atoms with Gasteiger partial charge in [-0.05, 0) is 20.3 Å². The van der Waals surface area contributed by atoms with Crippen LogP contribution in [-0.4, -0.2) is 36.2 Å². The minimum Gasteiger partial charge on any atom is -0.329 e. The van der Waals surface area contributed by atoms with Crippen LogP contribution in [0.4, 0.5) is 18.0 Å². The van der Waals surface area contributed by atoms with Crippen molar-refractivity contribution < 1.29 is 18.0 Å². The summed E-state index contributed by atoms with van der Waals surface area (Å²) in [6, 6.07) is -0.762. The Kier molecular flexibility index (Phi) is 5.46. The molecule has 3 nitrogen and oxygen atoms in total. The van der Waals surface area contributed by atoms with E-state index in [2.05, 4.69) is 0 Å². The number of rotatable bonds is 4. The summed E-state index contributed by atoms with van der Waals surface area (Å²) in [5.74, 6) is 0. The first kappa shape index (κ1) is 14.1. The van der Waals surface area contributed by atoms with Crippen molar-refractivity contribution in [1.29, 1.82) is 0 Å². The van der Waals surface area contributed by atoms with Crippen LogP contribution in [0.5, 0.6) is 0 Å². The van der Waals surface area contributed by atoms with Crippen LogP contribution in [0.2, 0.25) is 0 Å². The Hall–Kier alpha value is -0.940. The fourth-order valence-electron chi connectivity index (χ4n) is 1.11. The van der Waals surface area contributed by atoms with Gasteiger partial charge < -0.3 is 10.2 Å². The monoisotopic (exact) mass is 226 g/mol. The normalized spacial score (nSPS) is 11.7. The summed E-state index contributed by atoms with van der Waals surface area (Å²) >= 11 is 0. The van der Waals surface area contributed by atoms with Gasteiger partial charge in [-0.3, -0.25) is 0 Å². The Balaban J connectivity index is 4.15. The van der Waals surface area contributed by atoms with E-state index in [1.807, 2.05) is 12.2 Å². The van der Waals surface area contributed by atoms with E-state index in [-0.39, 0.29) is 6.04 Å². The zero-order valence-electron chi connectivity index (χ0n) is 9.19. The maximum atomic E-state index is 11.8. The van der Waals surface area contributed by atoms with Crippen LogP contribution in [0.15, 0.2) is 0 Å².